The fourth-order valence-electron chi connectivity index (χ4n) is 3.14. The van der Waals surface area contributed by atoms with Crippen LogP contribution in [0, 0.1) is 0 Å². The second-order valence-corrected chi connectivity index (χ2v) is 6.76. The SMILES string of the molecule is CCC(=O)c1sc(Oc2cccnc2)c2c1CCc1cnn(C)c1-2.Cl. The van der Waals surface area contributed by atoms with Crippen molar-refractivity contribution in [2.75, 3.05) is 0 Å². The van der Waals surface area contributed by atoms with Gasteiger partial charge in [-0.1, -0.05) is 18.3 Å². The number of ether oxygens (including phenoxy) is 1. The summed E-state index contributed by atoms with van der Waals surface area (Å²) >= 11 is 1.44. The van der Waals surface area contributed by atoms with E-state index in [-0.39, 0.29) is 18.2 Å². The van der Waals surface area contributed by atoms with Crippen molar-refractivity contribution in [2.45, 2.75) is 26.2 Å². The van der Waals surface area contributed by atoms with Crippen molar-refractivity contribution in [3.63, 3.8) is 0 Å². The van der Waals surface area contributed by atoms with Crippen molar-refractivity contribution < 1.29 is 9.53 Å². The Bertz CT molecular complexity index is 918. The highest BCUT2D eigenvalue weighted by atomic mass is 35.5. The van der Waals surface area contributed by atoms with Gasteiger partial charge in [0.25, 0.3) is 0 Å². The number of carbonyl (C=O) groups excluding carboxylic acids is 1. The number of halogens is 1. The van der Waals surface area contributed by atoms with Crippen molar-refractivity contribution in [3.05, 3.63) is 46.7 Å². The van der Waals surface area contributed by atoms with Crippen molar-refractivity contribution in [2.24, 2.45) is 7.05 Å². The van der Waals surface area contributed by atoms with Gasteiger partial charge in [0.1, 0.15) is 5.75 Å². The van der Waals surface area contributed by atoms with Gasteiger partial charge in [-0.25, -0.2) is 0 Å². The molecule has 5 nitrogen and oxygen atoms in total. The van der Waals surface area contributed by atoms with Gasteiger partial charge in [-0.15, -0.1) is 12.4 Å². The fourth-order valence-corrected chi connectivity index (χ4v) is 4.37. The summed E-state index contributed by atoms with van der Waals surface area (Å²) in [5.41, 5.74) is 4.37. The maximum atomic E-state index is 12.4. The molecule has 0 N–H and O–H groups in total. The van der Waals surface area contributed by atoms with Crippen molar-refractivity contribution in [3.8, 4) is 22.1 Å². The number of ketones is 1. The zero-order chi connectivity index (χ0) is 16.7. The van der Waals surface area contributed by atoms with E-state index in [0.717, 1.165) is 39.6 Å². The normalized spacial score (nSPS) is 12.1. The summed E-state index contributed by atoms with van der Waals surface area (Å²) in [5.74, 6) is 0.842. The summed E-state index contributed by atoms with van der Waals surface area (Å²) < 4.78 is 7.97. The average molecular weight is 376 g/mol. The van der Waals surface area contributed by atoms with Crippen LogP contribution in [0.2, 0.25) is 0 Å². The molecule has 3 heterocycles. The van der Waals surface area contributed by atoms with Crippen LogP contribution < -0.4 is 4.74 Å². The highest BCUT2D eigenvalue weighted by Gasteiger charge is 2.31. The number of carbonyl (C=O) groups is 1. The van der Waals surface area contributed by atoms with Crippen LogP contribution in [0.5, 0.6) is 10.8 Å². The van der Waals surface area contributed by atoms with E-state index in [9.17, 15) is 4.79 Å². The van der Waals surface area contributed by atoms with Crippen LogP contribution in [0.15, 0.2) is 30.7 Å². The van der Waals surface area contributed by atoms with E-state index in [2.05, 4.69) is 10.1 Å². The molecule has 0 aliphatic heterocycles. The number of hydrogen-bond acceptors (Lipinski definition) is 5. The lowest BCUT2D eigenvalue weighted by Gasteiger charge is -2.16. The van der Waals surface area contributed by atoms with Crippen molar-refractivity contribution >= 4 is 29.5 Å². The maximum absolute atomic E-state index is 12.4. The Morgan fingerprint density at radius 1 is 1.36 bits per heavy atom. The van der Waals surface area contributed by atoms with Crippen LogP contribution in [-0.4, -0.2) is 20.5 Å². The van der Waals surface area contributed by atoms with Crippen LogP contribution in [0.25, 0.3) is 11.3 Å². The number of nitrogens with zero attached hydrogens (tertiary/aromatic N) is 3. The predicted molar refractivity (Wildman–Crippen MR) is 100 cm³/mol. The van der Waals surface area contributed by atoms with Crippen LogP contribution in [-0.2, 0) is 19.9 Å². The van der Waals surface area contributed by atoms with Crippen molar-refractivity contribution in [1.29, 1.82) is 0 Å². The minimum Gasteiger partial charge on any atom is -0.444 e. The molecule has 0 spiro atoms. The first-order valence-electron chi connectivity index (χ1n) is 7.97. The standard InChI is InChI=1S/C18H17N3O2S.ClH/c1-3-14(22)17-13-7-6-11-9-20-21(2)16(11)15(13)18(24-17)23-12-5-4-8-19-10-12;/h4-5,8-10H,3,6-7H2,1-2H3;1H. The number of rotatable bonds is 4. The summed E-state index contributed by atoms with van der Waals surface area (Å²) in [5, 5.41) is 5.14. The van der Waals surface area contributed by atoms with Crippen LogP contribution in [0.3, 0.4) is 0 Å². The fraction of sp³-hybridized carbons (Fsp3) is 0.278. The molecule has 3 aromatic heterocycles. The number of aryl methyl sites for hydroxylation is 2. The molecule has 0 saturated carbocycles. The maximum Gasteiger partial charge on any atom is 0.191 e. The Hall–Kier alpha value is -2.18. The van der Waals surface area contributed by atoms with Gasteiger partial charge in [-0.05, 0) is 36.1 Å². The minimum absolute atomic E-state index is 0. The first-order chi connectivity index (χ1) is 11.7. The molecule has 1 aliphatic carbocycles. The first-order valence-corrected chi connectivity index (χ1v) is 8.78. The van der Waals surface area contributed by atoms with E-state index in [1.807, 2.05) is 37.0 Å². The number of Topliss-reactive ketones (excluding diaryl/α,β-unsaturated/α-hetero) is 1. The van der Waals surface area contributed by atoms with Gasteiger partial charge >= 0.3 is 0 Å². The number of aromatic nitrogens is 3. The third-order valence-corrected chi connectivity index (χ3v) is 5.44. The number of fused-ring (bicyclic) bond motifs is 3. The second-order valence-electron chi connectivity index (χ2n) is 5.78. The van der Waals surface area contributed by atoms with Gasteiger partial charge < -0.3 is 4.74 Å². The molecule has 0 amide bonds. The zero-order valence-corrected chi connectivity index (χ0v) is 15.6. The van der Waals surface area contributed by atoms with E-state index in [4.69, 9.17) is 4.74 Å². The summed E-state index contributed by atoms with van der Waals surface area (Å²) in [6.45, 7) is 1.90. The molecule has 0 atom stereocenters. The lowest BCUT2D eigenvalue weighted by atomic mass is 9.91. The quantitative estimate of drug-likeness (QED) is 0.632. The molecular formula is C18H18ClN3O2S. The summed E-state index contributed by atoms with van der Waals surface area (Å²) in [6, 6.07) is 3.70. The first kappa shape index (κ1) is 17.6. The number of hydrogen-bond donors (Lipinski definition) is 0. The third kappa shape index (κ3) is 2.96. The topological polar surface area (TPSA) is 57.0 Å². The average Bonchev–Trinajstić information content (AvgIpc) is 3.16. The number of pyridine rings is 1. The Morgan fingerprint density at radius 2 is 2.20 bits per heavy atom. The van der Waals surface area contributed by atoms with E-state index >= 15 is 0 Å². The van der Waals surface area contributed by atoms with Gasteiger partial charge in [-0.2, -0.15) is 5.10 Å². The van der Waals surface area contributed by atoms with Crippen LogP contribution >= 0.6 is 23.7 Å². The van der Waals surface area contributed by atoms with Gasteiger partial charge in [-0.3, -0.25) is 14.5 Å². The second kappa shape index (κ2) is 6.98. The summed E-state index contributed by atoms with van der Waals surface area (Å²) in [7, 11) is 1.93. The summed E-state index contributed by atoms with van der Waals surface area (Å²) in [4.78, 5) is 17.3. The minimum atomic E-state index is 0. The highest BCUT2D eigenvalue weighted by molar-refractivity contribution is 7.16. The molecule has 0 unspecified atom stereocenters. The van der Waals surface area contributed by atoms with Gasteiger partial charge in [0.15, 0.2) is 10.8 Å². The third-order valence-electron chi connectivity index (χ3n) is 4.29. The predicted octanol–water partition coefficient (Wildman–Crippen LogP) is 4.45. The molecule has 0 fully saturated rings. The molecular weight excluding hydrogens is 358 g/mol. The monoisotopic (exact) mass is 375 g/mol. The Balaban J connectivity index is 0.00000182. The Morgan fingerprint density at radius 3 is 2.92 bits per heavy atom. The molecule has 7 heteroatoms. The lowest BCUT2D eigenvalue weighted by molar-refractivity contribution is 0.0991. The highest BCUT2D eigenvalue weighted by Crippen LogP contribution is 2.48. The van der Waals surface area contributed by atoms with E-state index in [1.165, 1.54) is 16.9 Å². The van der Waals surface area contributed by atoms with E-state index in [0.29, 0.717) is 12.2 Å². The zero-order valence-electron chi connectivity index (χ0n) is 14.0. The van der Waals surface area contributed by atoms with Gasteiger partial charge in [0.05, 0.1) is 28.5 Å². The molecule has 25 heavy (non-hydrogen) atoms. The van der Waals surface area contributed by atoms with Gasteiger partial charge in [0.2, 0.25) is 0 Å². The van der Waals surface area contributed by atoms with E-state index in [1.54, 1.807) is 12.4 Å². The number of thiophene rings is 1. The lowest BCUT2D eigenvalue weighted by Crippen LogP contribution is -2.08. The molecule has 4 rings (SSSR count). The van der Waals surface area contributed by atoms with Crippen LogP contribution in [0.1, 0.15) is 34.1 Å². The summed E-state index contributed by atoms with van der Waals surface area (Å²) in [6.07, 6.45) is 7.55. The van der Waals surface area contributed by atoms with Crippen LogP contribution in [0.4, 0.5) is 0 Å². The Labute approximate surface area is 156 Å². The molecule has 0 radical (unpaired) electrons. The Kier molecular flexibility index (Phi) is 4.92. The van der Waals surface area contributed by atoms with Crippen molar-refractivity contribution in [1.82, 2.24) is 14.8 Å². The molecule has 0 saturated heterocycles. The molecule has 130 valence electrons. The molecule has 0 aromatic carbocycles. The molecule has 1 aliphatic rings. The molecule has 0 bridgehead atoms. The van der Waals surface area contributed by atoms with E-state index < -0.39 is 0 Å². The molecule has 3 aromatic rings. The largest absolute Gasteiger partial charge is 0.444 e. The van der Waals surface area contributed by atoms with Gasteiger partial charge in [0, 0.05) is 19.7 Å². The smallest absolute Gasteiger partial charge is 0.191 e.